The lowest BCUT2D eigenvalue weighted by molar-refractivity contribution is 0.123. The lowest BCUT2D eigenvalue weighted by Crippen LogP contribution is -2.34. The quantitative estimate of drug-likeness (QED) is 0.0843. The third-order valence-corrected chi connectivity index (χ3v) is 13.5. The highest BCUT2D eigenvalue weighted by Gasteiger charge is 2.48. The Balaban J connectivity index is 1.61. The number of alkyl halides is 2. The van der Waals surface area contributed by atoms with E-state index in [1.54, 1.807) is 6.92 Å². The van der Waals surface area contributed by atoms with Crippen molar-refractivity contribution >= 4 is 55.1 Å². The largest absolute Gasteiger partial charge is 0.465 e. The molecule has 2 aliphatic carbocycles. The maximum atomic E-state index is 14.3. The number of fused-ring (bicyclic) bond motifs is 1. The molecule has 0 bridgehead atoms. The number of carboxylic acid groups (broad SMARTS) is 1. The minimum absolute atomic E-state index is 0.00286. The van der Waals surface area contributed by atoms with Crippen molar-refractivity contribution in [2.75, 3.05) is 4.31 Å². The number of aromatic nitrogens is 3. The van der Waals surface area contributed by atoms with E-state index in [0.717, 1.165) is 21.1 Å². The molecule has 0 spiro atoms. The van der Waals surface area contributed by atoms with Gasteiger partial charge >= 0.3 is 6.09 Å². The van der Waals surface area contributed by atoms with E-state index >= 15 is 0 Å². The van der Waals surface area contributed by atoms with Gasteiger partial charge in [0.15, 0.2) is 15.7 Å². The predicted octanol–water partition coefficient (Wildman–Crippen LogP) is 6.44. The Kier molecular flexibility index (Phi) is 10.2. The molecule has 2 N–H and O–H groups in total. The lowest BCUT2D eigenvalue weighted by Gasteiger charge is -2.23. The molecule has 53 heavy (non-hydrogen) atoms. The number of pyridine rings is 1. The third kappa shape index (κ3) is 7.81. The zero-order valence-electron chi connectivity index (χ0n) is 28.5. The number of anilines is 1. The van der Waals surface area contributed by atoms with Crippen LogP contribution in [0.1, 0.15) is 69.4 Å². The smallest absolute Gasteiger partial charge is 0.405 e. The molecule has 2 heterocycles. The van der Waals surface area contributed by atoms with Crippen molar-refractivity contribution in [3.05, 3.63) is 76.1 Å². The summed E-state index contributed by atoms with van der Waals surface area (Å²) in [5.41, 5.74) is -0.612. The van der Waals surface area contributed by atoms with Crippen molar-refractivity contribution in [3.8, 4) is 23.0 Å². The van der Waals surface area contributed by atoms with Crippen LogP contribution in [0.2, 0.25) is 5.02 Å². The van der Waals surface area contributed by atoms with Gasteiger partial charge in [-0.3, -0.25) is 4.68 Å². The van der Waals surface area contributed by atoms with Crippen LogP contribution in [0.3, 0.4) is 0 Å². The molecule has 6 rings (SSSR count). The Morgan fingerprint density at radius 1 is 1.13 bits per heavy atom. The van der Waals surface area contributed by atoms with E-state index < -0.39 is 73.0 Å². The number of sulfone groups is 1. The Labute approximate surface area is 309 Å². The van der Waals surface area contributed by atoms with Crippen LogP contribution in [-0.4, -0.2) is 64.8 Å². The molecule has 0 saturated heterocycles. The highest BCUT2D eigenvalue weighted by Crippen LogP contribution is 2.48. The van der Waals surface area contributed by atoms with Crippen LogP contribution in [0.25, 0.3) is 22.0 Å². The van der Waals surface area contributed by atoms with E-state index in [1.807, 2.05) is 0 Å². The number of hydrogen-bond donors (Lipinski definition) is 3. The molecular formula is C35H34ClF4N5O6S2. The third-order valence-electron chi connectivity index (χ3n) is 9.35. The Bertz CT molecular complexity index is 2360. The highest BCUT2D eigenvalue weighted by atomic mass is 35.5. The van der Waals surface area contributed by atoms with Crippen LogP contribution in [0.5, 0.6) is 0 Å². The standard InChI is InChI=1S/C35H34ClF4N5O6S2/c1-34(2,53(50,51)23-5-6-23)11-10-22-4-7-24(30(41-22)27(42-33(46)47)16-19-14-20(37)17-21(38)15-19)25-8-9-26(36)29-31(25)44(18-28(39)40)43-32(29)45(52(48)49)35(3)12-13-35/h4,7-9,14-15,17,23,27-28,42,52H,5-6,12-13,16,18H2,1-3H3,(H,46,47)/t27-/m0/s1. The van der Waals surface area contributed by atoms with Gasteiger partial charge in [-0.25, -0.2) is 48.5 Å². The molecular weight excluding hydrogens is 762 g/mol. The number of amides is 1. The van der Waals surface area contributed by atoms with Gasteiger partial charge in [0.2, 0.25) is 10.9 Å². The predicted molar refractivity (Wildman–Crippen MR) is 191 cm³/mol. The summed E-state index contributed by atoms with van der Waals surface area (Å²) in [5, 5.41) is 16.1. The second kappa shape index (κ2) is 14.1. The molecule has 4 aromatic rings. The minimum atomic E-state index is -3.63. The van der Waals surface area contributed by atoms with Crippen LogP contribution in [0.4, 0.5) is 28.2 Å². The normalized spacial score (nSPS) is 16.0. The maximum Gasteiger partial charge on any atom is 0.405 e. The maximum absolute atomic E-state index is 14.3. The molecule has 2 aromatic heterocycles. The van der Waals surface area contributed by atoms with Gasteiger partial charge in [0.1, 0.15) is 28.6 Å². The van der Waals surface area contributed by atoms with Gasteiger partial charge in [-0.2, -0.15) is 5.10 Å². The molecule has 11 nitrogen and oxygen atoms in total. The molecule has 0 radical (unpaired) electrons. The summed E-state index contributed by atoms with van der Waals surface area (Å²) in [5.74, 6) is 3.53. The average Bonchev–Trinajstić information content (AvgIpc) is 3.99. The fourth-order valence-corrected chi connectivity index (χ4v) is 9.17. The van der Waals surface area contributed by atoms with E-state index in [9.17, 15) is 44.3 Å². The van der Waals surface area contributed by atoms with Gasteiger partial charge in [0.25, 0.3) is 6.43 Å². The second-order valence-corrected chi connectivity index (χ2v) is 17.9. The zero-order chi connectivity index (χ0) is 38.6. The first-order valence-corrected chi connectivity index (χ1v) is 19.5. The second-order valence-electron chi connectivity index (χ2n) is 13.9. The van der Waals surface area contributed by atoms with Gasteiger partial charge in [-0.1, -0.05) is 23.6 Å². The van der Waals surface area contributed by atoms with E-state index in [-0.39, 0.29) is 56.2 Å². The first-order valence-electron chi connectivity index (χ1n) is 16.5. The van der Waals surface area contributed by atoms with Gasteiger partial charge in [0, 0.05) is 17.2 Å². The fraction of sp³-hybridized carbons (Fsp3) is 0.400. The van der Waals surface area contributed by atoms with Crippen molar-refractivity contribution in [3.63, 3.8) is 0 Å². The number of thiol groups is 1. The van der Waals surface area contributed by atoms with Crippen molar-refractivity contribution in [2.45, 2.75) is 87.4 Å². The summed E-state index contributed by atoms with van der Waals surface area (Å²) in [7, 11) is -6.94. The molecule has 0 aliphatic heterocycles. The first kappa shape index (κ1) is 38.3. The van der Waals surface area contributed by atoms with Crippen molar-refractivity contribution < 1.29 is 44.3 Å². The van der Waals surface area contributed by atoms with E-state index in [1.165, 1.54) is 38.1 Å². The summed E-state index contributed by atoms with van der Waals surface area (Å²) in [6.07, 6.45) is -2.82. The summed E-state index contributed by atoms with van der Waals surface area (Å²) < 4.78 is 109. The Hall–Kier alpha value is -4.40. The van der Waals surface area contributed by atoms with Crippen LogP contribution in [-0.2, 0) is 33.7 Å². The van der Waals surface area contributed by atoms with Crippen LogP contribution in [0, 0.1) is 23.5 Å². The molecule has 2 aromatic carbocycles. The number of rotatable bonds is 12. The van der Waals surface area contributed by atoms with Gasteiger partial charge in [0.05, 0.1) is 38.5 Å². The highest BCUT2D eigenvalue weighted by molar-refractivity contribution is 7.93. The lowest BCUT2D eigenvalue weighted by atomic mass is 9.93. The Morgan fingerprint density at radius 2 is 1.77 bits per heavy atom. The number of nitrogens with zero attached hydrogens (tertiary/aromatic N) is 4. The monoisotopic (exact) mass is 795 g/mol. The summed E-state index contributed by atoms with van der Waals surface area (Å²) in [6, 6.07) is 7.07. The van der Waals surface area contributed by atoms with Crippen LogP contribution >= 0.6 is 11.6 Å². The number of halogens is 5. The summed E-state index contributed by atoms with van der Waals surface area (Å²) in [4.78, 5) is 16.8. The van der Waals surface area contributed by atoms with Crippen molar-refractivity contribution in [1.29, 1.82) is 0 Å². The zero-order valence-corrected chi connectivity index (χ0v) is 31.0. The van der Waals surface area contributed by atoms with Crippen LogP contribution < -0.4 is 9.62 Å². The molecule has 0 unspecified atom stereocenters. The SMILES string of the molecule is CC1(N(c2nn(CC(F)F)c3c(-c4ccc(C#CC(C)(C)S(=O)(=O)C5CC5)nc4[C@H](Cc4cc(F)cc(F)c4)NC(=O)O)ccc(Cl)c23)[SH](=O)=O)CC1. The van der Waals surface area contributed by atoms with Crippen molar-refractivity contribution in [2.24, 2.45) is 0 Å². The van der Waals surface area contributed by atoms with Gasteiger partial charge in [-0.15, -0.1) is 0 Å². The molecule has 2 saturated carbocycles. The minimum Gasteiger partial charge on any atom is -0.465 e. The number of benzene rings is 2. The number of nitrogens with one attached hydrogen (secondary N) is 1. The van der Waals surface area contributed by atoms with Crippen molar-refractivity contribution in [1.82, 2.24) is 20.1 Å². The number of hydrogen-bond acceptors (Lipinski definition) is 7. The van der Waals surface area contributed by atoms with E-state index in [4.69, 9.17) is 11.6 Å². The Morgan fingerprint density at radius 3 is 2.34 bits per heavy atom. The van der Waals surface area contributed by atoms with Gasteiger partial charge < -0.3 is 10.4 Å². The molecule has 1 amide bonds. The van der Waals surface area contributed by atoms with E-state index in [0.29, 0.717) is 31.7 Å². The molecule has 18 heteroatoms. The molecule has 282 valence electrons. The fourth-order valence-electron chi connectivity index (χ4n) is 6.26. The molecule has 2 aliphatic rings. The average molecular weight is 796 g/mol. The topological polar surface area (TPSA) is 152 Å². The molecule has 1 atom stereocenters. The summed E-state index contributed by atoms with van der Waals surface area (Å²) >= 11 is 6.66. The molecule has 2 fully saturated rings. The van der Waals surface area contributed by atoms with Crippen LogP contribution in [0.15, 0.2) is 42.5 Å². The van der Waals surface area contributed by atoms with Gasteiger partial charge in [-0.05, 0) is 94.7 Å². The number of carbonyl (C=O) groups is 1. The summed E-state index contributed by atoms with van der Waals surface area (Å²) in [6.45, 7) is 3.64. The first-order chi connectivity index (χ1) is 24.8. The van der Waals surface area contributed by atoms with E-state index in [2.05, 4.69) is 27.2 Å².